The van der Waals surface area contributed by atoms with Gasteiger partial charge in [-0.25, -0.2) is 4.98 Å². The van der Waals surface area contributed by atoms with Gasteiger partial charge in [0.2, 0.25) is 0 Å². The zero-order valence-corrected chi connectivity index (χ0v) is 18.6. The second-order valence-electron chi connectivity index (χ2n) is 7.32. The van der Waals surface area contributed by atoms with Crippen LogP contribution in [0.1, 0.15) is 36.5 Å². The molecular weight excluding hydrogens is 398 g/mol. The molecule has 2 N–H and O–H groups in total. The minimum absolute atomic E-state index is 0.121. The molecule has 162 valence electrons. The van der Waals surface area contributed by atoms with Crippen molar-refractivity contribution < 1.29 is 14.6 Å². The van der Waals surface area contributed by atoms with Gasteiger partial charge in [0.25, 0.3) is 5.91 Å². The maximum Gasteiger partial charge on any atom is 0.255 e. The van der Waals surface area contributed by atoms with Gasteiger partial charge in [0, 0.05) is 43.3 Å². The lowest BCUT2D eigenvalue weighted by atomic mass is 10.1. The van der Waals surface area contributed by atoms with Crippen LogP contribution in [0.3, 0.4) is 0 Å². The number of pyridine rings is 1. The summed E-state index contributed by atoms with van der Waals surface area (Å²) in [5.74, 6) is 0.569. The van der Waals surface area contributed by atoms with Gasteiger partial charge in [-0.15, -0.1) is 11.8 Å². The van der Waals surface area contributed by atoms with E-state index in [-0.39, 0.29) is 12.0 Å². The zero-order valence-electron chi connectivity index (χ0n) is 17.8. The Balaban J connectivity index is 1.82. The summed E-state index contributed by atoms with van der Waals surface area (Å²) in [6.45, 7) is 5.22. The second-order valence-corrected chi connectivity index (χ2v) is 8.20. The van der Waals surface area contributed by atoms with E-state index < -0.39 is 0 Å². The van der Waals surface area contributed by atoms with Crippen molar-refractivity contribution in [1.29, 1.82) is 0 Å². The minimum Gasteiger partial charge on any atom is -0.393 e. The molecular formula is C23H31N3O3S. The van der Waals surface area contributed by atoms with E-state index in [0.29, 0.717) is 57.1 Å². The summed E-state index contributed by atoms with van der Waals surface area (Å²) >= 11 is 1.70. The summed E-state index contributed by atoms with van der Waals surface area (Å²) in [4.78, 5) is 21.1. The summed E-state index contributed by atoms with van der Waals surface area (Å²) in [7, 11) is 0. The molecule has 30 heavy (non-hydrogen) atoms. The Hall–Kier alpha value is -2.09. The summed E-state index contributed by atoms with van der Waals surface area (Å²) < 4.78 is 5.33. The molecule has 0 bridgehead atoms. The van der Waals surface area contributed by atoms with Gasteiger partial charge in [-0.2, -0.15) is 0 Å². The highest BCUT2D eigenvalue weighted by Crippen LogP contribution is 2.28. The van der Waals surface area contributed by atoms with E-state index in [9.17, 15) is 9.90 Å². The molecule has 1 aromatic heterocycles. The van der Waals surface area contributed by atoms with Crippen LogP contribution in [0.25, 0.3) is 11.3 Å². The molecule has 3 rings (SSSR count). The van der Waals surface area contributed by atoms with E-state index in [2.05, 4.69) is 40.7 Å². The Kier molecular flexibility index (Phi) is 8.54. The number of aliphatic hydroxyl groups is 1. The molecule has 0 spiro atoms. The van der Waals surface area contributed by atoms with Crippen LogP contribution in [0, 0.1) is 0 Å². The van der Waals surface area contributed by atoms with E-state index in [0.717, 1.165) is 17.7 Å². The highest BCUT2D eigenvalue weighted by molar-refractivity contribution is 7.98. The minimum atomic E-state index is -0.278. The number of ether oxygens (including phenoxy) is 1. The topological polar surface area (TPSA) is 74.7 Å². The number of hydrogen-bond donors (Lipinski definition) is 2. The summed E-state index contributed by atoms with van der Waals surface area (Å²) in [6, 6.07) is 12.1. The van der Waals surface area contributed by atoms with Crippen LogP contribution in [0.4, 0.5) is 5.82 Å². The van der Waals surface area contributed by atoms with Crippen molar-refractivity contribution in [2.24, 2.45) is 0 Å². The fraction of sp³-hybridized carbons (Fsp3) is 0.478. The van der Waals surface area contributed by atoms with Gasteiger partial charge < -0.3 is 20.1 Å². The lowest BCUT2D eigenvalue weighted by Gasteiger charge is -2.32. The number of benzene rings is 1. The number of thioether (sulfide) groups is 1. The third-order valence-electron chi connectivity index (χ3n) is 5.22. The number of nitrogens with zero attached hydrogens (tertiary/aromatic N) is 2. The van der Waals surface area contributed by atoms with Gasteiger partial charge in [-0.1, -0.05) is 12.1 Å². The number of rotatable bonds is 9. The van der Waals surface area contributed by atoms with E-state index in [1.165, 1.54) is 4.90 Å². The van der Waals surface area contributed by atoms with Gasteiger partial charge in [-0.05, 0) is 56.7 Å². The van der Waals surface area contributed by atoms with Crippen LogP contribution in [-0.4, -0.2) is 61.2 Å². The standard InChI is InChI=1S/C23H31N3O3S/c1-3-29-16-4-13-24-23(28)20-9-10-21(17-5-7-19(30-2)8-6-17)25-22(20)26-14-11-18(27)12-15-26/h5-10,18,27H,3-4,11-16H2,1-2H3,(H,24,28). The summed E-state index contributed by atoms with van der Waals surface area (Å²) in [6.07, 6.45) is 3.92. The van der Waals surface area contributed by atoms with E-state index in [1.807, 2.05) is 19.1 Å². The highest BCUT2D eigenvalue weighted by atomic mass is 32.2. The molecule has 1 fully saturated rings. The van der Waals surface area contributed by atoms with Crippen molar-refractivity contribution in [3.05, 3.63) is 42.0 Å². The normalized spacial score (nSPS) is 14.7. The molecule has 0 radical (unpaired) electrons. The Bertz CT molecular complexity index is 821. The molecule has 1 saturated heterocycles. The summed E-state index contributed by atoms with van der Waals surface area (Å²) in [5.41, 5.74) is 2.44. The van der Waals surface area contributed by atoms with Crippen molar-refractivity contribution in [1.82, 2.24) is 10.3 Å². The van der Waals surface area contributed by atoms with E-state index in [1.54, 1.807) is 11.8 Å². The second kappa shape index (κ2) is 11.3. The first-order chi connectivity index (χ1) is 14.6. The first-order valence-electron chi connectivity index (χ1n) is 10.6. The number of anilines is 1. The van der Waals surface area contributed by atoms with Crippen molar-refractivity contribution in [2.45, 2.75) is 37.2 Å². The average Bonchev–Trinajstić information content (AvgIpc) is 2.79. The lowest BCUT2D eigenvalue weighted by molar-refractivity contribution is 0.0944. The zero-order chi connectivity index (χ0) is 21.3. The van der Waals surface area contributed by atoms with E-state index in [4.69, 9.17) is 9.72 Å². The number of nitrogens with one attached hydrogen (secondary N) is 1. The van der Waals surface area contributed by atoms with Crippen molar-refractivity contribution >= 4 is 23.5 Å². The maximum atomic E-state index is 12.9. The van der Waals surface area contributed by atoms with Crippen molar-refractivity contribution in [3.8, 4) is 11.3 Å². The van der Waals surface area contributed by atoms with Crippen LogP contribution in [0.15, 0.2) is 41.3 Å². The van der Waals surface area contributed by atoms with Crippen LogP contribution in [-0.2, 0) is 4.74 Å². The fourth-order valence-electron chi connectivity index (χ4n) is 3.48. The SMILES string of the molecule is CCOCCCNC(=O)c1ccc(-c2ccc(SC)cc2)nc1N1CCC(O)CC1. The third kappa shape index (κ3) is 5.97. The van der Waals surface area contributed by atoms with Crippen molar-refractivity contribution in [3.63, 3.8) is 0 Å². The van der Waals surface area contributed by atoms with Gasteiger partial charge in [0.05, 0.1) is 17.4 Å². The van der Waals surface area contributed by atoms with Gasteiger partial charge >= 0.3 is 0 Å². The number of amides is 1. The predicted molar refractivity (Wildman–Crippen MR) is 122 cm³/mol. The van der Waals surface area contributed by atoms with Crippen LogP contribution < -0.4 is 10.2 Å². The lowest BCUT2D eigenvalue weighted by Crippen LogP contribution is -2.38. The van der Waals surface area contributed by atoms with Crippen molar-refractivity contribution in [2.75, 3.05) is 44.0 Å². The monoisotopic (exact) mass is 429 g/mol. The Morgan fingerprint density at radius 1 is 1.23 bits per heavy atom. The number of aliphatic hydroxyl groups excluding tert-OH is 1. The van der Waals surface area contributed by atoms with Crippen LogP contribution in [0.5, 0.6) is 0 Å². The third-order valence-corrected chi connectivity index (χ3v) is 5.97. The number of piperidine rings is 1. The highest BCUT2D eigenvalue weighted by Gasteiger charge is 2.23. The molecule has 0 atom stereocenters. The quantitative estimate of drug-likeness (QED) is 0.469. The van der Waals surface area contributed by atoms with Gasteiger partial charge in [0.15, 0.2) is 0 Å². The fourth-order valence-corrected chi connectivity index (χ4v) is 3.89. The molecule has 0 unspecified atom stereocenters. The number of aromatic nitrogens is 1. The number of hydrogen-bond acceptors (Lipinski definition) is 6. The Morgan fingerprint density at radius 2 is 1.97 bits per heavy atom. The number of carbonyl (C=O) groups is 1. The van der Waals surface area contributed by atoms with Crippen LogP contribution in [0.2, 0.25) is 0 Å². The molecule has 6 nitrogen and oxygen atoms in total. The maximum absolute atomic E-state index is 12.9. The summed E-state index contributed by atoms with van der Waals surface area (Å²) in [5, 5.41) is 12.9. The average molecular weight is 430 g/mol. The van der Waals surface area contributed by atoms with E-state index >= 15 is 0 Å². The first kappa shape index (κ1) is 22.6. The molecule has 2 aromatic rings. The molecule has 0 saturated carbocycles. The molecule has 7 heteroatoms. The first-order valence-corrected chi connectivity index (χ1v) is 11.8. The van der Waals surface area contributed by atoms with Gasteiger partial charge in [0.1, 0.15) is 5.82 Å². The Labute approximate surface area is 183 Å². The molecule has 2 heterocycles. The molecule has 1 aliphatic heterocycles. The number of carbonyl (C=O) groups excluding carboxylic acids is 1. The molecule has 1 aromatic carbocycles. The van der Waals surface area contributed by atoms with Crippen LogP contribution >= 0.6 is 11.8 Å². The smallest absolute Gasteiger partial charge is 0.255 e. The molecule has 1 aliphatic rings. The molecule has 0 aliphatic carbocycles. The Morgan fingerprint density at radius 3 is 2.63 bits per heavy atom. The largest absolute Gasteiger partial charge is 0.393 e. The predicted octanol–water partition coefficient (Wildman–Crippen LogP) is 3.59. The van der Waals surface area contributed by atoms with Gasteiger partial charge in [-0.3, -0.25) is 4.79 Å². The molecule has 1 amide bonds.